The fourth-order valence-corrected chi connectivity index (χ4v) is 3.81. The second-order valence-corrected chi connectivity index (χ2v) is 7.73. The summed E-state index contributed by atoms with van der Waals surface area (Å²) in [6, 6.07) is 12.6. The van der Waals surface area contributed by atoms with Gasteiger partial charge < -0.3 is 15.5 Å². The second-order valence-electron chi connectivity index (χ2n) is 7.73. The summed E-state index contributed by atoms with van der Waals surface area (Å²) >= 11 is 0. The minimum atomic E-state index is 0. The van der Waals surface area contributed by atoms with Crippen molar-refractivity contribution in [3.05, 3.63) is 30.3 Å². The third-order valence-electron chi connectivity index (χ3n) is 5.30. The van der Waals surface area contributed by atoms with Gasteiger partial charge in [0.05, 0.1) is 6.54 Å². The van der Waals surface area contributed by atoms with E-state index in [1.54, 1.807) is 0 Å². The number of halogens is 1. The van der Waals surface area contributed by atoms with E-state index in [4.69, 9.17) is 4.99 Å². The first kappa shape index (κ1) is 22.3. The van der Waals surface area contributed by atoms with Gasteiger partial charge in [0, 0.05) is 50.0 Å². The average molecular weight is 485 g/mol. The maximum Gasteiger partial charge on any atom is 0.191 e. The highest BCUT2D eigenvalue weighted by Crippen LogP contribution is 2.28. The highest BCUT2D eigenvalue weighted by molar-refractivity contribution is 14.0. The van der Waals surface area contributed by atoms with Crippen molar-refractivity contribution in [2.45, 2.75) is 58.2 Å². The Bertz CT molecular complexity index is 571. The fourth-order valence-electron chi connectivity index (χ4n) is 3.81. The number of hydrogen-bond acceptors (Lipinski definition) is 3. The van der Waals surface area contributed by atoms with Gasteiger partial charge in [0.2, 0.25) is 0 Å². The predicted molar refractivity (Wildman–Crippen MR) is 126 cm³/mol. The minimum absolute atomic E-state index is 0. The zero-order chi connectivity index (χ0) is 18.4. The van der Waals surface area contributed by atoms with Gasteiger partial charge >= 0.3 is 0 Å². The van der Waals surface area contributed by atoms with E-state index in [1.807, 2.05) is 0 Å². The van der Waals surface area contributed by atoms with E-state index in [1.165, 1.54) is 18.5 Å². The smallest absolute Gasteiger partial charge is 0.191 e. The zero-order valence-corrected chi connectivity index (χ0v) is 19.4. The Morgan fingerprint density at radius 1 is 1.22 bits per heavy atom. The van der Waals surface area contributed by atoms with Crippen molar-refractivity contribution in [1.82, 2.24) is 15.5 Å². The van der Waals surface area contributed by atoms with Crippen molar-refractivity contribution in [1.29, 1.82) is 0 Å². The van der Waals surface area contributed by atoms with Crippen LogP contribution in [-0.4, -0.2) is 61.7 Å². The first-order valence-electron chi connectivity index (χ1n) is 10.3. The van der Waals surface area contributed by atoms with Crippen molar-refractivity contribution in [2.24, 2.45) is 4.99 Å². The molecule has 1 aliphatic heterocycles. The van der Waals surface area contributed by atoms with Crippen molar-refractivity contribution >= 4 is 35.6 Å². The summed E-state index contributed by atoms with van der Waals surface area (Å²) in [5, 5.41) is 7.06. The molecule has 1 saturated heterocycles. The Balaban J connectivity index is 0.00000261. The Kier molecular flexibility index (Phi) is 9.15. The molecule has 0 spiro atoms. The molecule has 1 aromatic rings. The van der Waals surface area contributed by atoms with Crippen LogP contribution in [0.2, 0.25) is 0 Å². The molecule has 1 aromatic carbocycles. The zero-order valence-electron chi connectivity index (χ0n) is 17.0. The van der Waals surface area contributed by atoms with E-state index in [-0.39, 0.29) is 24.0 Å². The van der Waals surface area contributed by atoms with E-state index in [0.29, 0.717) is 12.1 Å². The van der Waals surface area contributed by atoms with Crippen LogP contribution in [0, 0.1) is 0 Å². The summed E-state index contributed by atoms with van der Waals surface area (Å²) in [5.74, 6) is 0.965. The molecule has 5 nitrogen and oxygen atoms in total. The number of guanidine groups is 1. The molecule has 1 unspecified atom stereocenters. The molecule has 1 heterocycles. The molecule has 1 saturated carbocycles. The Labute approximate surface area is 182 Å². The molecular formula is C21H36IN5. The van der Waals surface area contributed by atoms with Crippen molar-refractivity contribution in [3.8, 4) is 0 Å². The quantitative estimate of drug-likeness (QED) is 0.337. The van der Waals surface area contributed by atoms with Crippen LogP contribution < -0.4 is 15.5 Å². The van der Waals surface area contributed by atoms with Crippen LogP contribution in [-0.2, 0) is 0 Å². The van der Waals surface area contributed by atoms with Crippen LogP contribution >= 0.6 is 24.0 Å². The third-order valence-corrected chi connectivity index (χ3v) is 5.30. The molecule has 2 fully saturated rings. The van der Waals surface area contributed by atoms with E-state index >= 15 is 0 Å². The second kappa shape index (κ2) is 11.1. The number of hydrogen-bond donors (Lipinski definition) is 2. The molecule has 0 radical (unpaired) electrons. The SMILES string of the molecule is CCNC(=NCCN(C(C)C)C1CC1)NC1CCN(c2ccccc2)C1.I. The number of aliphatic imine (C=N–C) groups is 1. The van der Waals surface area contributed by atoms with E-state index in [2.05, 4.69) is 71.5 Å². The molecule has 2 aliphatic rings. The largest absolute Gasteiger partial charge is 0.369 e. The van der Waals surface area contributed by atoms with Crippen LogP contribution in [0.15, 0.2) is 35.3 Å². The van der Waals surface area contributed by atoms with Gasteiger partial charge in [-0.05, 0) is 52.2 Å². The van der Waals surface area contributed by atoms with Gasteiger partial charge in [0.15, 0.2) is 5.96 Å². The topological polar surface area (TPSA) is 42.9 Å². The molecule has 3 rings (SSSR count). The van der Waals surface area contributed by atoms with Crippen molar-refractivity contribution < 1.29 is 0 Å². The molecule has 6 heteroatoms. The predicted octanol–water partition coefficient (Wildman–Crippen LogP) is 3.31. The number of nitrogens with one attached hydrogen (secondary N) is 2. The lowest BCUT2D eigenvalue weighted by molar-refractivity contribution is 0.218. The van der Waals surface area contributed by atoms with Gasteiger partial charge in [-0.3, -0.25) is 9.89 Å². The van der Waals surface area contributed by atoms with Crippen molar-refractivity contribution in [3.63, 3.8) is 0 Å². The van der Waals surface area contributed by atoms with E-state index < -0.39 is 0 Å². The van der Waals surface area contributed by atoms with E-state index in [9.17, 15) is 0 Å². The van der Waals surface area contributed by atoms with Crippen LogP contribution in [0.25, 0.3) is 0 Å². The van der Waals surface area contributed by atoms with Crippen molar-refractivity contribution in [2.75, 3.05) is 37.6 Å². The Morgan fingerprint density at radius 2 is 1.96 bits per heavy atom. The monoisotopic (exact) mass is 485 g/mol. The first-order valence-corrected chi connectivity index (χ1v) is 10.3. The van der Waals surface area contributed by atoms with Crippen LogP contribution in [0.1, 0.15) is 40.0 Å². The third kappa shape index (κ3) is 6.82. The van der Waals surface area contributed by atoms with Gasteiger partial charge in [-0.25, -0.2) is 0 Å². The fraction of sp³-hybridized carbons (Fsp3) is 0.667. The van der Waals surface area contributed by atoms with E-state index in [0.717, 1.165) is 51.1 Å². The Morgan fingerprint density at radius 3 is 2.59 bits per heavy atom. The molecule has 2 N–H and O–H groups in total. The lowest BCUT2D eigenvalue weighted by atomic mass is 10.2. The highest BCUT2D eigenvalue weighted by Gasteiger charge is 2.30. The summed E-state index contributed by atoms with van der Waals surface area (Å²) in [6.45, 7) is 11.7. The van der Waals surface area contributed by atoms with Crippen LogP contribution in [0.5, 0.6) is 0 Å². The number of nitrogens with zero attached hydrogens (tertiary/aromatic N) is 3. The maximum atomic E-state index is 4.84. The van der Waals surface area contributed by atoms with Gasteiger partial charge in [0.1, 0.15) is 0 Å². The molecule has 0 amide bonds. The van der Waals surface area contributed by atoms with Crippen LogP contribution in [0.4, 0.5) is 5.69 Å². The minimum Gasteiger partial charge on any atom is -0.369 e. The molecular weight excluding hydrogens is 449 g/mol. The summed E-state index contributed by atoms with van der Waals surface area (Å²) in [5.41, 5.74) is 1.32. The standard InChI is InChI=1S/C21H35N5.HI/c1-4-22-21(23-13-15-26(17(2)3)20-10-11-20)24-18-12-14-25(16-18)19-8-6-5-7-9-19;/h5-9,17-18,20H,4,10-16H2,1-3H3,(H2,22,23,24);1H. The lowest BCUT2D eigenvalue weighted by Gasteiger charge is -2.25. The molecule has 152 valence electrons. The lowest BCUT2D eigenvalue weighted by Crippen LogP contribution is -2.45. The normalized spacial score (nSPS) is 20.1. The van der Waals surface area contributed by atoms with Gasteiger partial charge in [-0.15, -0.1) is 24.0 Å². The highest BCUT2D eigenvalue weighted by atomic mass is 127. The molecule has 27 heavy (non-hydrogen) atoms. The summed E-state index contributed by atoms with van der Waals surface area (Å²) in [6.07, 6.45) is 3.87. The summed E-state index contributed by atoms with van der Waals surface area (Å²) < 4.78 is 0. The number of anilines is 1. The first-order chi connectivity index (χ1) is 12.7. The van der Waals surface area contributed by atoms with Gasteiger partial charge in [0.25, 0.3) is 0 Å². The number of para-hydroxylation sites is 1. The van der Waals surface area contributed by atoms with Gasteiger partial charge in [-0.2, -0.15) is 0 Å². The van der Waals surface area contributed by atoms with Gasteiger partial charge in [-0.1, -0.05) is 18.2 Å². The summed E-state index contributed by atoms with van der Waals surface area (Å²) in [7, 11) is 0. The molecule has 1 aliphatic carbocycles. The Hall–Kier alpha value is -1.02. The summed E-state index contributed by atoms with van der Waals surface area (Å²) in [4.78, 5) is 9.89. The number of rotatable bonds is 8. The molecule has 0 bridgehead atoms. The molecule has 0 aromatic heterocycles. The molecule has 1 atom stereocenters. The van der Waals surface area contributed by atoms with Crippen LogP contribution in [0.3, 0.4) is 0 Å². The average Bonchev–Trinajstić information content (AvgIpc) is 3.37. The number of benzene rings is 1. The maximum absolute atomic E-state index is 4.84.